The third-order valence-corrected chi connectivity index (χ3v) is 26.3. The number of benzene rings is 13. The van der Waals surface area contributed by atoms with E-state index >= 15 is 0 Å². The molecule has 0 bridgehead atoms. The van der Waals surface area contributed by atoms with Crippen molar-refractivity contribution in [3.05, 3.63) is 347 Å². The van der Waals surface area contributed by atoms with Gasteiger partial charge in [0.1, 0.15) is 0 Å². The molecule has 13 aromatic rings. The number of anilines is 9. The topological polar surface area (TPSA) is 9.72 Å². The minimum atomic E-state index is -0.172. The lowest BCUT2D eigenvalue weighted by molar-refractivity contribution is 0.266. The smallest absolute Gasteiger partial charge is 0.0540 e. The van der Waals surface area contributed by atoms with E-state index in [4.69, 9.17) is 0 Å². The van der Waals surface area contributed by atoms with Gasteiger partial charge in [0.05, 0.1) is 11.4 Å². The first-order chi connectivity index (χ1) is 58.1. The van der Waals surface area contributed by atoms with Gasteiger partial charge in [0.2, 0.25) is 0 Å². The van der Waals surface area contributed by atoms with Crippen LogP contribution >= 0.6 is 0 Å². The number of fused-ring (bicyclic) bond motifs is 8. The SMILES string of the molecule is C=Cc1cccc(N(c2ccc(C)cc2)c2ccc(C)cc2)c1.CCCCC(CC)CC1(CC(CC)CCCC)c2cc(N(c3ccc(C)cc3)c3cccc4ccccc34)ccc2-c2ccc(N(c3ccc(C)cc3)c3cccc4ccccc34)cc21.CCCCCCCCC1(CCCCCCCC)c2cc(C)ccc2-c2ccc(C)cc21. The maximum absolute atomic E-state index is 3.88. The Hall–Kier alpha value is -10.5. The van der Waals surface area contributed by atoms with Crippen LogP contribution in [0, 0.1) is 53.4 Å². The van der Waals surface area contributed by atoms with Gasteiger partial charge in [-0.05, 0) is 237 Å². The molecule has 0 amide bonds. The summed E-state index contributed by atoms with van der Waals surface area (Å²) in [6, 6.07) is 105. The van der Waals surface area contributed by atoms with E-state index in [0.29, 0.717) is 11.8 Å². The van der Waals surface area contributed by atoms with Crippen LogP contribution in [0.3, 0.4) is 0 Å². The summed E-state index contributed by atoms with van der Waals surface area (Å²) in [7, 11) is 0. The monoisotopic (exact) mass is 1570 g/mol. The average molecular weight is 1570 g/mol. The molecule has 0 N–H and O–H groups in total. The van der Waals surface area contributed by atoms with Crippen LogP contribution in [0.2, 0.25) is 0 Å². The van der Waals surface area contributed by atoms with Gasteiger partial charge in [0.15, 0.2) is 0 Å². The molecule has 3 nitrogen and oxygen atoms in total. The molecule has 614 valence electrons. The summed E-state index contributed by atoms with van der Waals surface area (Å²) in [5, 5.41) is 5.03. The molecule has 0 fully saturated rings. The minimum Gasteiger partial charge on any atom is -0.310 e. The van der Waals surface area contributed by atoms with Gasteiger partial charge >= 0.3 is 0 Å². The minimum absolute atomic E-state index is 0.172. The Morgan fingerprint density at radius 2 is 0.597 bits per heavy atom. The quantitative estimate of drug-likeness (QED) is 0.0362. The van der Waals surface area contributed by atoms with Gasteiger partial charge in [-0.15, -0.1) is 0 Å². The first-order valence-electron chi connectivity index (χ1n) is 46.0. The molecular weight excluding hydrogens is 1440 g/mol. The van der Waals surface area contributed by atoms with Crippen LogP contribution in [-0.2, 0) is 10.8 Å². The second-order valence-corrected chi connectivity index (χ2v) is 35.1. The van der Waals surface area contributed by atoms with Crippen molar-refractivity contribution in [3.63, 3.8) is 0 Å². The summed E-state index contributed by atoms with van der Waals surface area (Å²) >= 11 is 0. The maximum Gasteiger partial charge on any atom is 0.0540 e. The molecule has 13 aromatic carbocycles. The van der Waals surface area contributed by atoms with Crippen molar-refractivity contribution in [3.8, 4) is 22.3 Å². The first kappa shape index (κ1) is 86.4. The second-order valence-electron chi connectivity index (χ2n) is 35.1. The van der Waals surface area contributed by atoms with Gasteiger partial charge in [-0.1, -0.05) is 398 Å². The molecule has 2 aliphatic rings. The number of rotatable bonds is 36. The predicted molar refractivity (Wildman–Crippen MR) is 521 cm³/mol. The zero-order valence-corrected chi connectivity index (χ0v) is 74.3. The molecule has 0 aliphatic heterocycles. The lowest BCUT2D eigenvalue weighted by atomic mass is 9.65. The molecule has 0 saturated heterocycles. The Balaban J connectivity index is 0.000000186. The van der Waals surface area contributed by atoms with E-state index in [1.54, 1.807) is 11.1 Å². The molecule has 3 heteroatoms. The van der Waals surface area contributed by atoms with Gasteiger partial charge < -0.3 is 14.7 Å². The fourth-order valence-electron chi connectivity index (χ4n) is 19.6. The van der Waals surface area contributed by atoms with Crippen molar-refractivity contribution in [2.24, 2.45) is 11.8 Å². The Kier molecular flexibility index (Phi) is 30.1. The highest BCUT2D eigenvalue weighted by molar-refractivity contribution is 6.01. The van der Waals surface area contributed by atoms with E-state index in [-0.39, 0.29) is 10.8 Å². The van der Waals surface area contributed by atoms with E-state index in [2.05, 4.69) is 383 Å². The lowest BCUT2D eigenvalue weighted by Gasteiger charge is -2.39. The molecule has 0 heterocycles. The fourth-order valence-corrected chi connectivity index (χ4v) is 19.6. The van der Waals surface area contributed by atoms with Crippen molar-refractivity contribution in [1.82, 2.24) is 0 Å². The highest BCUT2D eigenvalue weighted by Gasteiger charge is 2.47. The van der Waals surface area contributed by atoms with Crippen LogP contribution in [0.4, 0.5) is 51.2 Å². The molecule has 0 spiro atoms. The number of nitrogens with zero attached hydrogens (tertiary/aromatic N) is 3. The van der Waals surface area contributed by atoms with E-state index in [0.717, 1.165) is 35.5 Å². The Bertz CT molecular complexity index is 5100. The number of aryl methyl sites for hydroxylation is 6. The summed E-state index contributed by atoms with van der Waals surface area (Å²) < 4.78 is 0. The van der Waals surface area contributed by atoms with Gasteiger partial charge in [-0.3, -0.25) is 0 Å². The molecule has 2 atom stereocenters. The molecule has 0 saturated carbocycles. The molecule has 0 radical (unpaired) electrons. The van der Waals surface area contributed by atoms with E-state index in [1.807, 2.05) is 6.08 Å². The predicted octanol–water partition coefficient (Wildman–Crippen LogP) is 35.5. The summed E-state index contributed by atoms with van der Waals surface area (Å²) in [6.45, 7) is 31.3. The Labute approximate surface area is 717 Å². The molecule has 15 rings (SSSR count). The number of hydrogen-bond acceptors (Lipinski definition) is 3. The first-order valence-corrected chi connectivity index (χ1v) is 46.0. The van der Waals surface area contributed by atoms with Crippen molar-refractivity contribution < 1.29 is 0 Å². The van der Waals surface area contributed by atoms with Gasteiger partial charge in [0, 0.05) is 61.4 Å². The van der Waals surface area contributed by atoms with Crippen LogP contribution in [0.1, 0.15) is 257 Å². The zero-order valence-electron chi connectivity index (χ0n) is 74.3. The van der Waals surface area contributed by atoms with E-state index < -0.39 is 0 Å². The maximum atomic E-state index is 3.88. The third kappa shape index (κ3) is 20.2. The zero-order chi connectivity index (χ0) is 83.3. The normalized spacial score (nSPS) is 13.1. The molecule has 2 aliphatic carbocycles. The van der Waals surface area contributed by atoms with Crippen LogP contribution in [-0.4, -0.2) is 0 Å². The van der Waals surface area contributed by atoms with Crippen LogP contribution in [0.25, 0.3) is 49.9 Å². The largest absolute Gasteiger partial charge is 0.310 e. The summed E-state index contributed by atoms with van der Waals surface area (Å²) in [5.41, 5.74) is 31.9. The average Bonchev–Trinajstić information content (AvgIpc) is 1.58. The molecule has 0 aromatic heterocycles. The van der Waals surface area contributed by atoms with E-state index in [1.165, 1.54) is 264 Å². The highest BCUT2D eigenvalue weighted by Crippen LogP contribution is 2.60. The Morgan fingerprint density at radius 1 is 0.277 bits per heavy atom. The van der Waals surface area contributed by atoms with Crippen LogP contribution in [0.15, 0.2) is 286 Å². The van der Waals surface area contributed by atoms with Crippen molar-refractivity contribution in [1.29, 1.82) is 0 Å². The molecule has 2 unspecified atom stereocenters. The molecular formula is C116H135N3. The van der Waals surface area contributed by atoms with Crippen LogP contribution in [0.5, 0.6) is 0 Å². The van der Waals surface area contributed by atoms with Crippen LogP contribution < -0.4 is 14.7 Å². The Morgan fingerprint density at radius 3 is 0.983 bits per heavy atom. The molecule has 119 heavy (non-hydrogen) atoms. The summed E-state index contributed by atoms with van der Waals surface area (Å²) in [5.74, 6) is 1.23. The highest BCUT2D eigenvalue weighted by atomic mass is 15.2. The van der Waals surface area contributed by atoms with Gasteiger partial charge in [-0.25, -0.2) is 0 Å². The fraction of sp³-hybridized carbons (Fsp3) is 0.345. The van der Waals surface area contributed by atoms with Crippen molar-refractivity contribution >= 4 is 78.8 Å². The van der Waals surface area contributed by atoms with E-state index in [9.17, 15) is 0 Å². The van der Waals surface area contributed by atoms with Gasteiger partial charge in [0.25, 0.3) is 0 Å². The van der Waals surface area contributed by atoms with Gasteiger partial charge in [-0.2, -0.15) is 0 Å². The number of unbranched alkanes of at least 4 members (excludes halogenated alkanes) is 12. The summed E-state index contributed by atoms with van der Waals surface area (Å²) in [6.07, 6.45) is 33.3. The standard InChI is InChI=1S/C63H68N2.C31H46.C22H21N/c1-7-11-19-47(9-3)43-63(44-48(10-4)20-12-8-2)59-41-53(64(51-33-29-45(5)30-34-51)61-27-17-23-49-21-13-15-25-55(49)61)37-39-57(59)58-40-38-54(42-60(58)63)65(52-35-31-46(6)32-36-52)62-28-18-24-50-22-14-16-26-56(50)62;1-5-7-9-11-13-15-21-31(22-16-14-12-10-8-6-2)29-23-25(3)17-19-27(29)28-20-18-26(4)24-30(28)31;1-4-19-6-5-7-22(16-19)23(20-12-8-17(2)9-13-20)21-14-10-18(3)11-15-21/h13-18,21-42,47-48H,7-12,19-20,43-44H2,1-6H3;17-20,23-24H,5-16,21-22H2,1-4H3;4-16H,1H2,2-3H3. The van der Waals surface area contributed by atoms with Crippen molar-refractivity contribution in [2.45, 2.75) is 248 Å². The van der Waals surface area contributed by atoms with Crippen molar-refractivity contribution in [2.75, 3.05) is 14.7 Å². The third-order valence-electron chi connectivity index (χ3n) is 26.3. The number of hydrogen-bond donors (Lipinski definition) is 0. The lowest BCUT2D eigenvalue weighted by Crippen LogP contribution is -2.32. The second kappa shape index (κ2) is 41.5. The summed E-state index contributed by atoms with van der Waals surface area (Å²) in [4.78, 5) is 7.33.